The van der Waals surface area contributed by atoms with Gasteiger partial charge in [-0.05, 0) is 12.1 Å². The van der Waals surface area contributed by atoms with E-state index in [2.05, 4.69) is 10.3 Å². The third-order valence-electron chi connectivity index (χ3n) is 1.75. The van der Waals surface area contributed by atoms with Crippen molar-refractivity contribution in [1.82, 2.24) is 5.48 Å². The fourth-order valence-corrected chi connectivity index (χ4v) is 0.863. The normalized spacial score (nSPS) is 9.80. The Balaban J connectivity index is 2.48. The molecule has 0 atom stereocenters. The molecule has 0 aromatic heterocycles. The Hall–Kier alpha value is -1.84. The van der Waals surface area contributed by atoms with E-state index >= 15 is 0 Å². The topological polar surface area (TPSA) is 55.4 Å². The molecule has 0 aliphatic rings. The average molecular weight is 207 g/mol. The SMILES string of the molecule is CC(C)C(=O)ONC(=O)c1ccccc1. The summed E-state index contributed by atoms with van der Waals surface area (Å²) in [6, 6.07) is 8.55. The molecule has 0 spiro atoms. The van der Waals surface area contributed by atoms with Gasteiger partial charge in [-0.15, -0.1) is 0 Å². The molecule has 0 bridgehead atoms. The van der Waals surface area contributed by atoms with Crippen LogP contribution in [0.25, 0.3) is 0 Å². The van der Waals surface area contributed by atoms with E-state index in [1.54, 1.807) is 44.2 Å². The van der Waals surface area contributed by atoms with Crippen LogP contribution < -0.4 is 5.48 Å². The molecule has 0 radical (unpaired) electrons. The summed E-state index contributed by atoms with van der Waals surface area (Å²) in [6.07, 6.45) is 0. The molecule has 15 heavy (non-hydrogen) atoms. The van der Waals surface area contributed by atoms with E-state index in [9.17, 15) is 9.59 Å². The van der Waals surface area contributed by atoms with Crippen molar-refractivity contribution in [3.05, 3.63) is 35.9 Å². The lowest BCUT2D eigenvalue weighted by molar-refractivity contribution is -0.152. The fourth-order valence-electron chi connectivity index (χ4n) is 0.863. The third kappa shape index (κ3) is 3.42. The highest BCUT2D eigenvalue weighted by Crippen LogP contribution is 1.99. The Kier molecular flexibility index (Phi) is 3.85. The minimum atomic E-state index is -0.459. The molecule has 4 heteroatoms. The molecule has 4 nitrogen and oxygen atoms in total. The van der Waals surface area contributed by atoms with Crippen LogP contribution in [0.5, 0.6) is 0 Å². The second-order valence-corrected chi connectivity index (χ2v) is 3.37. The molecule has 0 heterocycles. The lowest BCUT2D eigenvalue weighted by Crippen LogP contribution is -2.28. The van der Waals surface area contributed by atoms with Crippen LogP contribution in [-0.4, -0.2) is 11.9 Å². The van der Waals surface area contributed by atoms with Crippen LogP contribution in [0.1, 0.15) is 24.2 Å². The Morgan fingerprint density at radius 3 is 2.33 bits per heavy atom. The molecule has 1 aromatic rings. The van der Waals surface area contributed by atoms with Crippen LogP contribution in [0, 0.1) is 5.92 Å². The van der Waals surface area contributed by atoms with Crippen LogP contribution in [0.3, 0.4) is 0 Å². The Morgan fingerprint density at radius 2 is 1.80 bits per heavy atom. The van der Waals surface area contributed by atoms with Crippen LogP contribution >= 0.6 is 0 Å². The molecule has 0 aliphatic carbocycles. The van der Waals surface area contributed by atoms with E-state index in [0.29, 0.717) is 5.56 Å². The summed E-state index contributed by atoms with van der Waals surface area (Å²) >= 11 is 0. The first-order valence-corrected chi connectivity index (χ1v) is 4.67. The second kappa shape index (κ2) is 5.14. The summed E-state index contributed by atoms with van der Waals surface area (Å²) in [5, 5.41) is 0. The summed E-state index contributed by atoms with van der Waals surface area (Å²) in [5.74, 6) is -1.15. The highest BCUT2D eigenvalue weighted by Gasteiger charge is 2.11. The molecular weight excluding hydrogens is 194 g/mol. The smallest absolute Gasteiger partial charge is 0.334 e. The molecule has 0 fully saturated rings. The predicted molar refractivity (Wildman–Crippen MR) is 54.8 cm³/mol. The number of hydrogen-bond donors (Lipinski definition) is 1. The van der Waals surface area contributed by atoms with E-state index in [1.165, 1.54) is 0 Å². The maximum atomic E-state index is 11.4. The van der Waals surface area contributed by atoms with Gasteiger partial charge in [0, 0.05) is 5.56 Å². The number of nitrogens with one attached hydrogen (secondary N) is 1. The van der Waals surface area contributed by atoms with Gasteiger partial charge in [0.2, 0.25) is 0 Å². The first-order chi connectivity index (χ1) is 7.11. The number of hydrogen-bond acceptors (Lipinski definition) is 3. The molecule has 0 saturated heterocycles. The minimum Gasteiger partial charge on any atom is -0.340 e. The van der Waals surface area contributed by atoms with E-state index in [1.807, 2.05) is 0 Å². The van der Waals surface area contributed by atoms with Crippen molar-refractivity contribution in [1.29, 1.82) is 0 Å². The number of amides is 1. The molecule has 0 unspecified atom stereocenters. The van der Waals surface area contributed by atoms with Crippen LogP contribution in [0.4, 0.5) is 0 Å². The Morgan fingerprint density at radius 1 is 1.20 bits per heavy atom. The number of rotatable bonds is 2. The predicted octanol–water partition coefficient (Wildman–Crippen LogP) is 1.53. The van der Waals surface area contributed by atoms with Crippen LogP contribution in [0.15, 0.2) is 30.3 Å². The standard InChI is InChI=1S/C11H13NO3/c1-8(2)11(14)15-12-10(13)9-6-4-3-5-7-9/h3-8H,1-2H3,(H,12,13). The minimum absolute atomic E-state index is 0.263. The zero-order valence-corrected chi connectivity index (χ0v) is 8.69. The zero-order chi connectivity index (χ0) is 11.3. The van der Waals surface area contributed by atoms with E-state index in [0.717, 1.165) is 0 Å². The van der Waals surface area contributed by atoms with Crippen molar-refractivity contribution in [3.8, 4) is 0 Å². The van der Waals surface area contributed by atoms with Gasteiger partial charge in [-0.3, -0.25) is 4.79 Å². The van der Waals surface area contributed by atoms with Crippen molar-refractivity contribution in [2.45, 2.75) is 13.8 Å². The molecule has 1 aromatic carbocycles. The highest BCUT2D eigenvalue weighted by molar-refractivity contribution is 5.94. The summed E-state index contributed by atoms with van der Waals surface area (Å²) in [6.45, 7) is 3.38. The lowest BCUT2D eigenvalue weighted by atomic mass is 10.2. The van der Waals surface area contributed by atoms with Gasteiger partial charge in [-0.2, -0.15) is 5.48 Å². The first kappa shape index (κ1) is 11.2. The van der Waals surface area contributed by atoms with Gasteiger partial charge in [-0.1, -0.05) is 32.0 Å². The summed E-state index contributed by atoms with van der Waals surface area (Å²) in [7, 11) is 0. The van der Waals surface area contributed by atoms with Gasteiger partial charge in [-0.25, -0.2) is 4.79 Å². The summed E-state index contributed by atoms with van der Waals surface area (Å²) in [4.78, 5) is 27.0. The second-order valence-electron chi connectivity index (χ2n) is 3.37. The van der Waals surface area contributed by atoms with E-state index in [-0.39, 0.29) is 5.92 Å². The van der Waals surface area contributed by atoms with Crippen molar-refractivity contribution in [2.24, 2.45) is 5.92 Å². The quantitative estimate of drug-likeness (QED) is 0.748. The van der Waals surface area contributed by atoms with Crippen LogP contribution in [-0.2, 0) is 9.63 Å². The Labute approximate surface area is 88.2 Å². The molecular formula is C11H13NO3. The van der Waals surface area contributed by atoms with Crippen molar-refractivity contribution >= 4 is 11.9 Å². The van der Waals surface area contributed by atoms with Crippen molar-refractivity contribution in [3.63, 3.8) is 0 Å². The van der Waals surface area contributed by atoms with E-state index in [4.69, 9.17) is 0 Å². The number of carbonyl (C=O) groups excluding carboxylic acids is 2. The molecule has 80 valence electrons. The largest absolute Gasteiger partial charge is 0.340 e. The fraction of sp³-hybridized carbons (Fsp3) is 0.273. The molecule has 1 amide bonds. The van der Waals surface area contributed by atoms with Gasteiger partial charge in [0.05, 0.1) is 5.92 Å². The first-order valence-electron chi connectivity index (χ1n) is 4.67. The number of carbonyl (C=O) groups is 2. The number of benzene rings is 1. The summed E-state index contributed by atoms with van der Waals surface area (Å²) in [5.41, 5.74) is 2.54. The van der Waals surface area contributed by atoms with E-state index < -0.39 is 11.9 Å². The van der Waals surface area contributed by atoms with Gasteiger partial charge >= 0.3 is 5.97 Å². The summed E-state index contributed by atoms with van der Waals surface area (Å²) < 4.78 is 0. The molecule has 0 saturated carbocycles. The molecule has 1 rings (SSSR count). The lowest BCUT2D eigenvalue weighted by Gasteiger charge is -2.06. The van der Waals surface area contributed by atoms with Crippen LogP contribution in [0.2, 0.25) is 0 Å². The van der Waals surface area contributed by atoms with Gasteiger partial charge in [0.15, 0.2) is 0 Å². The third-order valence-corrected chi connectivity index (χ3v) is 1.75. The zero-order valence-electron chi connectivity index (χ0n) is 8.69. The number of hydroxylamine groups is 1. The maximum absolute atomic E-state index is 11.4. The van der Waals surface area contributed by atoms with Gasteiger partial charge in [0.1, 0.15) is 0 Å². The van der Waals surface area contributed by atoms with Crippen molar-refractivity contribution < 1.29 is 14.4 Å². The van der Waals surface area contributed by atoms with Crippen molar-refractivity contribution in [2.75, 3.05) is 0 Å². The van der Waals surface area contributed by atoms with Gasteiger partial charge in [0.25, 0.3) is 5.91 Å². The maximum Gasteiger partial charge on any atom is 0.334 e. The average Bonchev–Trinajstić information content (AvgIpc) is 2.26. The molecule has 0 aliphatic heterocycles. The highest BCUT2D eigenvalue weighted by atomic mass is 16.7. The molecule has 1 N–H and O–H groups in total. The van der Waals surface area contributed by atoms with Gasteiger partial charge < -0.3 is 4.84 Å². The Bertz CT molecular complexity index is 346. The monoisotopic (exact) mass is 207 g/mol.